The third-order valence-electron chi connectivity index (χ3n) is 7.67. The van der Waals surface area contributed by atoms with Crippen LogP contribution < -0.4 is 15.6 Å². The number of carbonyl (C=O) groups excluding carboxylic acids is 1. The predicted octanol–water partition coefficient (Wildman–Crippen LogP) is 3.29. The summed E-state index contributed by atoms with van der Waals surface area (Å²) in [5.41, 5.74) is -0.211. The SMILES string of the molecule is Cn1cc(Br)c(OC2CCC(NC(=O)C34CCC(CO)(CC3)CC4)CC2)cc1=O. The smallest absolute Gasteiger partial charge is 0.254 e. The molecule has 0 saturated heterocycles. The van der Waals surface area contributed by atoms with Gasteiger partial charge in [0.15, 0.2) is 0 Å². The minimum atomic E-state index is -0.209. The molecule has 1 heterocycles. The molecule has 4 aliphatic rings. The second kappa shape index (κ2) is 8.06. The molecule has 2 bridgehead atoms. The third kappa shape index (κ3) is 4.13. The van der Waals surface area contributed by atoms with Crippen LogP contribution in [0.25, 0.3) is 0 Å². The Morgan fingerprint density at radius 1 is 1.21 bits per heavy atom. The number of aliphatic hydroxyl groups is 1. The van der Waals surface area contributed by atoms with Crippen LogP contribution in [-0.2, 0) is 11.8 Å². The van der Waals surface area contributed by atoms with Crippen molar-refractivity contribution in [1.29, 1.82) is 0 Å². The number of rotatable bonds is 5. The van der Waals surface area contributed by atoms with Crippen LogP contribution in [-0.4, -0.2) is 34.3 Å². The Balaban J connectivity index is 1.29. The number of aryl methyl sites for hydroxylation is 1. The number of aliphatic hydroxyl groups excluding tert-OH is 1. The summed E-state index contributed by atoms with van der Waals surface area (Å²) < 4.78 is 8.36. The van der Waals surface area contributed by atoms with Crippen molar-refractivity contribution in [2.45, 2.75) is 76.4 Å². The van der Waals surface area contributed by atoms with Gasteiger partial charge < -0.3 is 19.7 Å². The fourth-order valence-corrected chi connectivity index (χ4v) is 5.87. The average molecular weight is 467 g/mol. The molecule has 6 nitrogen and oxygen atoms in total. The van der Waals surface area contributed by atoms with Crippen molar-refractivity contribution in [3.05, 3.63) is 27.1 Å². The van der Waals surface area contributed by atoms with Gasteiger partial charge >= 0.3 is 0 Å². The summed E-state index contributed by atoms with van der Waals surface area (Å²) in [5, 5.41) is 13.0. The lowest BCUT2D eigenvalue weighted by Crippen LogP contribution is -2.53. The molecule has 1 amide bonds. The fourth-order valence-electron chi connectivity index (χ4n) is 5.35. The number of fused-ring (bicyclic) bond motifs is 3. The molecule has 4 fully saturated rings. The molecule has 1 aromatic heterocycles. The highest BCUT2D eigenvalue weighted by atomic mass is 79.9. The van der Waals surface area contributed by atoms with Crippen molar-refractivity contribution in [1.82, 2.24) is 9.88 Å². The summed E-state index contributed by atoms with van der Waals surface area (Å²) in [6.45, 7) is 0.262. The number of nitrogens with one attached hydrogen (secondary N) is 1. The second-order valence-corrected chi connectivity index (χ2v) is 10.3. The maximum Gasteiger partial charge on any atom is 0.254 e. The number of hydrogen-bond acceptors (Lipinski definition) is 4. The normalized spacial score (nSPS) is 34.0. The summed E-state index contributed by atoms with van der Waals surface area (Å²) in [6, 6.07) is 1.73. The molecule has 1 aromatic rings. The van der Waals surface area contributed by atoms with Gasteiger partial charge in [0.2, 0.25) is 5.91 Å². The van der Waals surface area contributed by atoms with Crippen LogP contribution in [0.4, 0.5) is 0 Å². The number of amides is 1. The van der Waals surface area contributed by atoms with E-state index in [0.29, 0.717) is 5.75 Å². The van der Waals surface area contributed by atoms with Gasteiger partial charge in [0.1, 0.15) is 5.75 Å². The number of hydrogen-bond donors (Lipinski definition) is 2. The lowest BCUT2D eigenvalue weighted by molar-refractivity contribution is -0.143. The second-order valence-electron chi connectivity index (χ2n) is 9.44. The van der Waals surface area contributed by atoms with Gasteiger partial charge in [-0.15, -0.1) is 0 Å². The van der Waals surface area contributed by atoms with Gasteiger partial charge in [0, 0.05) is 37.4 Å². The number of ether oxygens (including phenoxy) is 1. The molecule has 0 radical (unpaired) electrons. The summed E-state index contributed by atoms with van der Waals surface area (Å²) in [5.74, 6) is 0.818. The molecule has 0 spiro atoms. The van der Waals surface area contributed by atoms with E-state index in [-0.39, 0.29) is 41.0 Å². The zero-order valence-corrected chi connectivity index (χ0v) is 18.7. The molecule has 5 rings (SSSR count). The Bertz CT molecular complexity index is 804. The van der Waals surface area contributed by atoms with Crippen molar-refractivity contribution >= 4 is 21.8 Å². The Morgan fingerprint density at radius 3 is 2.41 bits per heavy atom. The van der Waals surface area contributed by atoms with E-state index >= 15 is 0 Å². The van der Waals surface area contributed by atoms with Crippen LogP contribution in [0.3, 0.4) is 0 Å². The molecule has 0 aromatic carbocycles. The van der Waals surface area contributed by atoms with Crippen LogP contribution in [0.15, 0.2) is 21.5 Å². The quantitative estimate of drug-likeness (QED) is 0.697. The lowest BCUT2D eigenvalue weighted by atomic mass is 9.53. The van der Waals surface area contributed by atoms with Crippen molar-refractivity contribution in [3.8, 4) is 5.75 Å². The van der Waals surface area contributed by atoms with E-state index in [0.717, 1.165) is 68.7 Å². The van der Waals surface area contributed by atoms with E-state index < -0.39 is 0 Å². The minimum Gasteiger partial charge on any atom is -0.489 e. The first kappa shape index (κ1) is 20.9. The molecule has 4 saturated carbocycles. The van der Waals surface area contributed by atoms with Gasteiger partial charge in [-0.1, -0.05) is 0 Å². The summed E-state index contributed by atoms with van der Waals surface area (Å²) in [4.78, 5) is 24.9. The monoisotopic (exact) mass is 466 g/mol. The van der Waals surface area contributed by atoms with Gasteiger partial charge in [0.25, 0.3) is 5.56 Å². The molecular formula is C22H31BrN2O4. The van der Waals surface area contributed by atoms with Crippen molar-refractivity contribution in [3.63, 3.8) is 0 Å². The van der Waals surface area contributed by atoms with Crippen LogP contribution in [0, 0.1) is 10.8 Å². The van der Waals surface area contributed by atoms with Crippen LogP contribution in [0.2, 0.25) is 0 Å². The van der Waals surface area contributed by atoms with E-state index in [9.17, 15) is 14.7 Å². The first-order valence-electron chi connectivity index (χ1n) is 10.8. The number of carbonyl (C=O) groups is 1. The first-order chi connectivity index (χ1) is 13.8. The Morgan fingerprint density at radius 2 is 1.83 bits per heavy atom. The maximum absolute atomic E-state index is 13.1. The van der Waals surface area contributed by atoms with E-state index in [2.05, 4.69) is 21.2 Å². The highest BCUT2D eigenvalue weighted by Gasteiger charge is 2.52. The Kier molecular flexibility index (Phi) is 5.81. The van der Waals surface area contributed by atoms with Crippen LogP contribution in [0.1, 0.15) is 64.2 Å². The molecule has 29 heavy (non-hydrogen) atoms. The zero-order valence-electron chi connectivity index (χ0n) is 17.1. The first-order valence-corrected chi connectivity index (χ1v) is 11.6. The average Bonchev–Trinajstić information content (AvgIpc) is 2.74. The molecular weight excluding hydrogens is 436 g/mol. The van der Waals surface area contributed by atoms with E-state index in [1.807, 2.05) is 0 Å². The number of pyridine rings is 1. The Labute approximate surface area is 180 Å². The minimum absolute atomic E-state index is 0.0688. The topological polar surface area (TPSA) is 80.6 Å². The molecule has 2 N–H and O–H groups in total. The molecule has 4 aliphatic carbocycles. The number of halogens is 1. The summed E-state index contributed by atoms with van der Waals surface area (Å²) in [7, 11) is 1.71. The highest BCUT2D eigenvalue weighted by molar-refractivity contribution is 9.10. The molecule has 7 heteroatoms. The molecule has 0 aliphatic heterocycles. The van der Waals surface area contributed by atoms with Gasteiger partial charge in [-0.05, 0) is 85.6 Å². The summed E-state index contributed by atoms with van der Waals surface area (Å²) >= 11 is 3.47. The van der Waals surface area contributed by atoms with Gasteiger partial charge in [-0.25, -0.2) is 0 Å². The van der Waals surface area contributed by atoms with E-state index in [1.54, 1.807) is 13.2 Å². The largest absolute Gasteiger partial charge is 0.489 e. The van der Waals surface area contributed by atoms with E-state index in [1.165, 1.54) is 10.6 Å². The lowest BCUT2D eigenvalue weighted by Gasteiger charge is -2.52. The number of nitrogens with zero attached hydrogens (tertiary/aromatic N) is 1. The standard InChI is InChI=1S/C22H31BrN2O4/c1-25-13-17(23)18(12-19(25)27)29-16-4-2-15(3-5-16)24-20(28)22-9-6-21(14-26,7-10-22)8-11-22/h12-13,15-16,26H,2-11,14H2,1H3,(H,24,28). The van der Waals surface area contributed by atoms with Crippen molar-refractivity contribution < 1.29 is 14.6 Å². The van der Waals surface area contributed by atoms with Gasteiger partial charge in [-0.3, -0.25) is 9.59 Å². The fraction of sp³-hybridized carbons (Fsp3) is 0.727. The van der Waals surface area contributed by atoms with Crippen molar-refractivity contribution in [2.24, 2.45) is 17.9 Å². The van der Waals surface area contributed by atoms with Crippen LogP contribution in [0.5, 0.6) is 5.75 Å². The van der Waals surface area contributed by atoms with Crippen molar-refractivity contribution in [2.75, 3.05) is 6.61 Å². The zero-order chi connectivity index (χ0) is 20.6. The Hall–Kier alpha value is -1.34. The molecule has 0 unspecified atom stereocenters. The highest BCUT2D eigenvalue weighted by Crippen LogP contribution is 2.56. The van der Waals surface area contributed by atoms with Crippen LogP contribution >= 0.6 is 15.9 Å². The predicted molar refractivity (Wildman–Crippen MR) is 114 cm³/mol. The molecule has 160 valence electrons. The third-order valence-corrected chi connectivity index (χ3v) is 8.26. The number of aromatic nitrogens is 1. The van der Waals surface area contributed by atoms with Gasteiger partial charge in [-0.2, -0.15) is 0 Å². The van der Waals surface area contributed by atoms with Gasteiger partial charge in [0.05, 0.1) is 10.6 Å². The maximum atomic E-state index is 13.1. The summed E-state index contributed by atoms with van der Waals surface area (Å²) in [6.07, 6.45) is 11.0. The van der Waals surface area contributed by atoms with E-state index in [4.69, 9.17) is 4.74 Å². The molecule has 0 atom stereocenters.